The van der Waals surface area contributed by atoms with Crippen LogP contribution < -0.4 is 14.8 Å². The summed E-state index contributed by atoms with van der Waals surface area (Å²) < 4.78 is 16.1. The van der Waals surface area contributed by atoms with Gasteiger partial charge in [-0.1, -0.05) is 12.1 Å². The molecule has 0 saturated carbocycles. The van der Waals surface area contributed by atoms with Crippen molar-refractivity contribution in [3.63, 3.8) is 0 Å². The van der Waals surface area contributed by atoms with Crippen LogP contribution in [-0.4, -0.2) is 50.7 Å². The first-order chi connectivity index (χ1) is 14.9. The third-order valence-corrected chi connectivity index (χ3v) is 5.43. The number of hydrogen-bond donors (Lipinski definition) is 1. The lowest BCUT2D eigenvalue weighted by Crippen LogP contribution is -2.41. The molecule has 2 aromatic rings. The van der Waals surface area contributed by atoms with Crippen LogP contribution in [0.3, 0.4) is 0 Å². The number of nitrogens with zero attached hydrogens (tertiary/aromatic N) is 1. The van der Waals surface area contributed by atoms with Crippen LogP contribution in [0.4, 0.5) is 5.69 Å². The highest BCUT2D eigenvalue weighted by atomic mass is 16.5. The number of nitrogens with one attached hydrogen (secondary N) is 1. The van der Waals surface area contributed by atoms with Crippen LogP contribution in [-0.2, 0) is 20.7 Å². The lowest BCUT2D eigenvalue weighted by Gasteiger charge is -2.37. The molecular weight excluding hydrogens is 396 g/mol. The maximum atomic E-state index is 12.8. The number of esters is 1. The van der Waals surface area contributed by atoms with Crippen molar-refractivity contribution in [2.75, 3.05) is 39.2 Å². The van der Waals surface area contributed by atoms with E-state index in [9.17, 15) is 9.59 Å². The molecule has 3 rings (SSSR count). The molecule has 1 aliphatic rings. The molecule has 1 atom stereocenters. The van der Waals surface area contributed by atoms with Gasteiger partial charge in [0.05, 0.1) is 33.8 Å². The van der Waals surface area contributed by atoms with E-state index >= 15 is 0 Å². The Morgan fingerprint density at radius 1 is 1.13 bits per heavy atom. The molecule has 1 N–H and O–H groups in total. The van der Waals surface area contributed by atoms with Crippen LogP contribution in [0.5, 0.6) is 11.5 Å². The van der Waals surface area contributed by atoms with Gasteiger partial charge in [0.1, 0.15) is 0 Å². The number of carbonyl (C=O) groups excluding carboxylic acids is 2. The Morgan fingerprint density at radius 2 is 1.87 bits per heavy atom. The lowest BCUT2D eigenvalue weighted by atomic mass is 9.90. The summed E-state index contributed by atoms with van der Waals surface area (Å²) in [6.07, 6.45) is 0.904. The van der Waals surface area contributed by atoms with Gasteiger partial charge in [0, 0.05) is 18.3 Å². The molecule has 0 saturated heterocycles. The number of amides is 1. The van der Waals surface area contributed by atoms with E-state index in [4.69, 9.17) is 14.2 Å². The zero-order chi connectivity index (χ0) is 22.4. The highest BCUT2D eigenvalue weighted by Crippen LogP contribution is 2.39. The zero-order valence-corrected chi connectivity index (χ0v) is 18.6. The van der Waals surface area contributed by atoms with Gasteiger partial charge in [0.2, 0.25) is 5.91 Å². The predicted octanol–water partition coefficient (Wildman–Crippen LogP) is 3.50. The molecule has 0 radical (unpaired) electrons. The highest BCUT2D eigenvalue weighted by Gasteiger charge is 2.32. The fourth-order valence-electron chi connectivity index (χ4n) is 3.99. The molecular formula is C24H30N2O5. The summed E-state index contributed by atoms with van der Waals surface area (Å²) in [4.78, 5) is 27.1. The van der Waals surface area contributed by atoms with Crippen LogP contribution in [0.25, 0.3) is 0 Å². The summed E-state index contributed by atoms with van der Waals surface area (Å²) in [6, 6.07) is 11.3. The molecule has 2 aromatic carbocycles. The van der Waals surface area contributed by atoms with Crippen molar-refractivity contribution < 1.29 is 23.8 Å². The topological polar surface area (TPSA) is 77.1 Å². The molecule has 0 bridgehead atoms. The number of methoxy groups -OCH3 is 2. The first-order valence-electron chi connectivity index (χ1n) is 10.5. The Morgan fingerprint density at radius 3 is 2.55 bits per heavy atom. The van der Waals surface area contributed by atoms with Crippen molar-refractivity contribution in [3.8, 4) is 11.5 Å². The number of benzene rings is 2. The van der Waals surface area contributed by atoms with E-state index in [0.29, 0.717) is 24.7 Å². The zero-order valence-electron chi connectivity index (χ0n) is 18.6. The van der Waals surface area contributed by atoms with E-state index in [1.165, 1.54) is 0 Å². The number of anilines is 1. The summed E-state index contributed by atoms with van der Waals surface area (Å²) in [5, 5.41) is 2.95. The second-order valence-electron chi connectivity index (χ2n) is 7.57. The standard InChI is InChI=1S/C24H30N2O5/c1-5-31-24(28)14-20-19-13-22(30-4)21(29-3)12-17(19)9-10-26(20)15-23(27)25-18-8-6-7-16(2)11-18/h6-8,11-13,20H,5,9-10,14-15H2,1-4H3,(H,25,27)/t20-/m0/s1. The number of carbonyl (C=O) groups is 2. The van der Waals surface area contributed by atoms with E-state index in [0.717, 1.165) is 28.8 Å². The maximum absolute atomic E-state index is 12.8. The molecule has 31 heavy (non-hydrogen) atoms. The molecule has 0 aromatic heterocycles. The van der Waals surface area contributed by atoms with Crippen molar-refractivity contribution >= 4 is 17.6 Å². The van der Waals surface area contributed by atoms with E-state index in [2.05, 4.69) is 5.32 Å². The van der Waals surface area contributed by atoms with Crippen molar-refractivity contribution in [3.05, 3.63) is 53.1 Å². The lowest BCUT2D eigenvalue weighted by molar-refractivity contribution is -0.145. The molecule has 166 valence electrons. The Balaban J connectivity index is 1.85. The molecule has 7 nitrogen and oxygen atoms in total. The normalized spacial score (nSPS) is 15.7. The summed E-state index contributed by atoms with van der Waals surface area (Å²) in [6.45, 7) is 4.90. The molecule has 1 heterocycles. The van der Waals surface area contributed by atoms with Gasteiger partial charge in [-0.25, -0.2) is 0 Å². The van der Waals surface area contributed by atoms with Crippen molar-refractivity contribution in [1.82, 2.24) is 4.90 Å². The quantitative estimate of drug-likeness (QED) is 0.651. The van der Waals surface area contributed by atoms with E-state index < -0.39 is 0 Å². The molecule has 0 fully saturated rings. The van der Waals surface area contributed by atoms with Crippen LogP contribution in [0.2, 0.25) is 0 Å². The van der Waals surface area contributed by atoms with E-state index in [1.807, 2.05) is 48.2 Å². The Kier molecular flexibility index (Phi) is 7.52. The summed E-state index contributed by atoms with van der Waals surface area (Å²) in [7, 11) is 3.19. The third kappa shape index (κ3) is 5.55. The largest absolute Gasteiger partial charge is 0.493 e. The van der Waals surface area contributed by atoms with Gasteiger partial charge in [-0.15, -0.1) is 0 Å². The minimum Gasteiger partial charge on any atom is -0.493 e. The smallest absolute Gasteiger partial charge is 0.307 e. The number of rotatable bonds is 8. The van der Waals surface area contributed by atoms with Crippen molar-refractivity contribution in [2.24, 2.45) is 0 Å². The number of hydrogen-bond acceptors (Lipinski definition) is 6. The molecule has 7 heteroatoms. The van der Waals surface area contributed by atoms with Gasteiger partial charge in [0.15, 0.2) is 11.5 Å². The SMILES string of the molecule is CCOC(=O)C[C@H]1c2cc(OC)c(OC)cc2CCN1CC(=O)Nc1cccc(C)c1. The maximum Gasteiger partial charge on any atom is 0.307 e. The predicted molar refractivity (Wildman–Crippen MR) is 119 cm³/mol. The van der Waals surface area contributed by atoms with Crippen molar-refractivity contribution in [1.29, 1.82) is 0 Å². The van der Waals surface area contributed by atoms with Crippen molar-refractivity contribution in [2.45, 2.75) is 32.7 Å². The van der Waals surface area contributed by atoms with Gasteiger partial charge in [-0.2, -0.15) is 0 Å². The Labute approximate surface area is 183 Å². The highest BCUT2D eigenvalue weighted by molar-refractivity contribution is 5.92. The van der Waals surface area contributed by atoms with Crippen LogP contribution >= 0.6 is 0 Å². The molecule has 1 amide bonds. The van der Waals surface area contributed by atoms with Gasteiger partial charge in [-0.05, 0) is 61.2 Å². The fraction of sp³-hybridized carbons (Fsp3) is 0.417. The molecule has 0 aliphatic carbocycles. The monoisotopic (exact) mass is 426 g/mol. The third-order valence-electron chi connectivity index (χ3n) is 5.43. The molecule has 1 aliphatic heterocycles. The fourth-order valence-corrected chi connectivity index (χ4v) is 3.99. The Bertz CT molecular complexity index is 944. The second-order valence-corrected chi connectivity index (χ2v) is 7.57. The minimum atomic E-state index is -0.292. The minimum absolute atomic E-state index is 0.122. The van der Waals surface area contributed by atoms with Crippen LogP contribution in [0.1, 0.15) is 36.1 Å². The van der Waals surface area contributed by atoms with Gasteiger partial charge in [0.25, 0.3) is 0 Å². The average molecular weight is 427 g/mol. The van der Waals surface area contributed by atoms with Crippen LogP contribution in [0.15, 0.2) is 36.4 Å². The van der Waals surface area contributed by atoms with Gasteiger partial charge >= 0.3 is 5.97 Å². The summed E-state index contributed by atoms with van der Waals surface area (Å²) in [5.41, 5.74) is 3.88. The second kappa shape index (κ2) is 10.3. The summed E-state index contributed by atoms with van der Waals surface area (Å²) in [5.74, 6) is 0.838. The first kappa shape index (κ1) is 22.6. The van der Waals surface area contributed by atoms with Gasteiger partial charge in [-0.3, -0.25) is 14.5 Å². The van der Waals surface area contributed by atoms with E-state index in [1.54, 1.807) is 21.1 Å². The van der Waals surface area contributed by atoms with Crippen LogP contribution in [0, 0.1) is 6.92 Å². The Hall–Kier alpha value is -3.06. The first-order valence-corrected chi connectivity index (χ1v) is 10.5. The van der Waals surface area contributed by atoms with E-state index in [-0.39, 0.29) is 30.9 Å². The number of aryl methyl sites for hydroxylation is 1. The molecule has 0 spiro atoms. The average Bonchev–Trinajstić information content (AvgIpc) is 2.74. The number of fused-ring (bicyclic) bond motifs is 1. The molecule has 0 unspecified atom stereocenters. The van der Waals surface area contributed by atoms with Gasteiger partial charge < -0.3 is 19.5 Å². The number of ether oxygens (including phenoxy) is 3. The summed E-state index contributed by atoms with van der Waals surface area (Å²) >= 11 is 0.